The third-order valence-corrected chi connectivity index (χ3v) is 3.47. The van der Waals surface area contributed by atoms with Crippen molar-refractivity contribution in [3.8, 4) is 0 Å². The number of nitrogens with one attached hydrogen (secondary N) is 1. The second-order valence-corrected chi connectivity index (χ2v) is 4.60. The molecule has 0 atom stereocenters. The highest BCUT2D eigenvalue weighted by atomic mass is 32.1. The van der Waals surface area contributed by atoms with Crippen LogP contribution in [0.15, 0.2) is 24.3 Å². The van der Waals surface area contributed by atoms with E-state index in [1.807, 2.05) is 13.0 Å². The number of anilines is 2. The molecule has 0 unspecified atom stereocenters. The predicted octanol–water partition coefficient (Wildman–Crippen LogP) is 2.83. The summed E-state index contributed by atoms with van der Waals surface area (Å²) in [7, 11) is 0. The first kappa shape index (κ1) is 11.9. The zero-order valence-corrected chi connectivity index (χ0v) is 10.4. The maximum atomic E-state index is 12.9. The molecule has 2 rings (SSSR count). The molecule has 0 saturated carbocycles. The van der Waals surface area contributed by atoms with E-state index in [0.717, 1.165) is 29.1 Å². The first-order valence-corrected chi connectivity index (χ1v) is 6.14. The second kappa shape index (κ2) is 5.14. The van der Waals surface area contributed by atoms with Crippen molar-refractivity contribution in [2.24, 2.45) is 0 Å². The van der Waals surface area contributed by atoms with Gasteiger partial charge in [0.25, 0.3) is 0 Å². The van der Waals surface area contributed by atoms with Gasteiger partial charge in [-0.05, 0) is 42.6 Å². The maximum Gasteiger partial charge on any atom is 0.142 e. The molecule has 0 saturated heterocycles. The first-order chi connectivity index (χ1) is 8.16. The molecule has 0 spiro atoms. The molecule has 5 heteroatoms. The Bertz CT molecular complexity index is 510. The van der Waals surface area contributed by atoms with Crippen LogP contribution in [0.25, 0.3) is 0 Å². The topological polar surface area (TPSA) is 50.9 Å². The number of benzene rings is 1. The molecule has 0 radical (unpaired) electrons. The Labute approximate surface area is 104 Å². The lowest BCUT2D eigenvalue weighted by molar-refractivity contribution is 0.625. The zero-order chi connectivity index (χ0) is 12.3. The molecule has 1 aromatic heterocycles. The molecule has 3 N–H and O–H groups in total. The number of nitrogen functional groups attached to an aromatic ring is 1. The largest absolute Gasteiger partial charge is 0.383 e. The number of nitrogens with zero attached hydrogens (tertiary/aromatic N) is 1. The van der Waals surface area contributed by atoms with Crippen LogP contribution in [0.4, 0.5) is 15.2 Å². The minimum atomic E-state index is -0.194. The standard InChI is InChI=1S/C12H14FN3S/c1-8-11(14)16-17-12(8)15-6-5-9-3-2-4-10(13)7-9/h2-4,7,15H,5-6H2,1H3,(H2,14,16). The van der Waals surface area contributed by atoms with Crippen molar-refractivity contribution in [1.29, 1.82) is 0 Å². The minimum Gasteiger partial charge on any atom is -0.383 e. The van der Waals surface area contributed by atoms with Crippen LogP contribution >= 0.6 is 11.5 Å². The SMILES string of the molecule is Cc1c(N)nsc1NCCc1cccc(F)c1. The molecule has 0 bridgehead atoms. The first-order valence-electron chi connectivity index (χ1n) is 5.37. The predicted molar refractivity (Wildman–Crippen MR) is 69.9 cm³/mol. The number of nitrogens with two attached hydrogens (primary N) is 1. The summed E-state index contributed by atoms with van der Waals surface area (Å²) in [5.41, 5.74) is 7.61. The summed E-state index contributed by atoms with van der Waals surface area (Å²) in [5.74, 6) is 0.379. The van der Waals surface area contributed by atoms with Crippen molar-refractivity contribution < 1.29 is 4.39 Å². The lowest BCUT2D eigenvalue weighted by Gasteiger charge is -2.04. The highest BCUT2D eigenvalue weighted by Crippen LogP contribution is 2.24. The van der Waals surface area contributed by atoms with E-state index in [0.29, 0.717) is 5.82 Å². The van der Waals surface area contributed by atoms with Crippen molar-refractivity contribution in [1.82, 2.24) is 4.37 Å². The molecule has 90 valence electrons. The van der Waals surface area contributed by atoms with Crippen LogP contribution in [0.2, 0.25) is 0 Å². The van der Waals surface area contributed by atoms with E-state index < -0.39 is 0 Å². The van der Waals surface area contributed by atoms with E-state index in [9.17, 15) is 4.39 Å². The molecule has 0 aliphatic heterocycles. The summed E-state index contributed by atoms with van der Waals surface area (Å²) in [6, 6.07) is 6.64. The average Bonchev–Trinajstić information content (AvgIpc) is 2.61. The van der Waals surface area contributed by atoms with Gasteiger partial charge in [-0.25, -0.2) is 4.39 Å². The van der Waals surface area contributed by atoms with Crippen LogP contribution in [0.5, 0.6) is 0 Å². The molecule has 0 aliphatic carbocycles. The average molecular weight is 251 g/mol. The van der Waals surface area contributed by atoms with Gasteiger partial charge in [0.2, 0.25) is 0 Å². The van der Waals surface area contributed by atoms with Crippen molar-refractivity contribution in [3.05, 3.63) is 41.2 Å². The van der Waals surface area contributed by atoms with Crippen LogP contribution in [0, 0.1) is 12.7 Å². The fourth-order valence-corrected chi connectivity index (χ4v) is 2.26. The summed E-state index contributed by atoms with van der Waals surface area (Å²) in [4.78, 5) is 0. The van der Waals surface area contributed by atoms with Gasteiger partial charge < -0.3 is 11.1 Å². The van der Waals surface area contributed by atoms with Crippen molar-refractivity contribution in [2.45, 2.75) is 13.3 Å². The second-order valence-electron chi connectivity index (χ2n) is 3.83. The highest BCUT2D eigenvalue weighted by molar-refractivity contribution is 7.10. The van der Waals surface area contributed by atoms with E-state index in [2.05, 4.69) is 9.69 Å². The molecule has 0 fully saturated rings. The van der Waals surface area contributed by atoms with E-state index in [1.54, 1.807) is 12.1 Å². The summed E-state index contributed by atoms with van der Waals surface area (Å²) >= 11 is 1.35. The van der Waals surface area contributed by atoms with Gasteiger partial charge in [0.05, 0.1) is 0 Å². The number of hydrogen-bond donors (Lipinski definition) is 2. The van der Waals surface area contributed by atoms with E-state index in [4.69, 9.17) is 5.73 Å². The lowest BCUT2D eigenvalue weighted by atomic mass is 10.1. The third-order valence-electron chi connectivity index (χ3n) is 2.55. The monoisotopic (exact) mass is 251 g/mol. The van der Waals surface area contributed by atoms with Gasteiger partial charge in [-0.15, -0.1) is 0 Å². The minimum absolute atomic E-state index is 0.194. The smallest absolute Gasteiger partial charge is 0.142 e. The Kier molecular flexibility index (Phi) is 3.58. The van der Waals surface area contributed by atoms with Crippen molar-refractivity contribution in [2.75, 3.05) is 17.6 Å². The van der Waals surface area contributed by atoms with E-state index in [-0.39, 0.29) is 5.82 Å². The number of halogens is 1. The van der Waals surface area contributed by atoms with E-state index in [1.165, 1.54) is 17.6 Å². The maximum absolute atomic E-state index is 12.9. The fourth-order valence-electron chi connectivity index (χ4n) is 1.53. The molecule has 2 aromatic rings. The fraction of sp³-hybridized carbons (Fsp3) is 0.250. The molecule has 1 heterocycles. The van der Waals surface area contributed by atoms with Gasteiger partial charge in [0.15, 0.2) is 0 Å². The number of hydrogen-bond acceptors (Lipinski definition) is 4. The molecule has 1 aromatic carbocycles. The van der Waals surface area contributed by atoms with Gasteiger partial charge in [0, 0.05) is 12.1 Å². The van der Waals surface area contributed by atoms with Crippen LogP contribution in [0.3, 0.4) is 0 Å². The molecule has 0 aliphatic rings. The Hall–Kier alpha value is -1.62. The van der Waals surface area contributed by atoms with E-state index >= 15 is 0 Å². The van der Waals surface area contributed by atoms with Crippen molar-refractivity contribution >= 4 is 22.4 Å². The Morgan fingerprint density at radius 3 is 2.94 bits per heavy atom. The van der Waals surface area contributed by atoms with Crippen LogP contribution < -0.4 is 11.1 Å². The van der Waals surface area contributed by atoms with Gasteiger partial charge in [-0.3, -0.25) is 0 Å². The van der Waals surface area contributed by atoms with Crippen LogP contribution in [-0.2, 0) is 6.42 Å². The van der Waals surface area contributed by atoms with Gasteiger partial charge >= 0.3 is 0 Å². The number of rotatable bonds is 4. The van der Waals surface area contributed by atoms with Gasteiger partial charge in [-0.1, -0.05) is 12.1 Å². The molecular weight excluding hydrogens is 237 g/mol. The van der Waals surface area contributed by atoms with Crippen molar-refractivity contribution in [3.63, 3.8) is 0 Å². The van der Waals surface area contributed by atoms with Crippen LogP contribution in [0.1, 0.15) is 11.1 Å². The molecule has 3 nitrogen and oxygen atoms in total. The van der Waals surface area contributed by atoms with Crippen LogP contribution in [-0.4, -0.2) is 10.9 Å². The summed E-state index contributed by atoms with van der Waals surface area (Å²) in [6.07, 6.45) is 0.773. The Morgan fingerprint density at radius 2 is 2.29 bits per heavy atom. The van der Waals surface area contributed by atoms with Gasteiger partial charge in [-0.2, -0.15) is 4.37 Å². The summed E-state index contributed by atoms with van der Waals surface area (Å²) < 4.78 is 17.0. The quantitative estimate of drug-likeness (QED) is 0.878. The Balaban J connectivity index is 1.90. The lowest BCUT2D eigenvalue weighted by Crippen LogP contribution is -2.04. The Morgan fingerprint density at radius 1 is 1.47 bits per heavy atom. The normalized spacial score (nSPS) is 10.5. The number of aromatic nitrogens is 1. The zero-order valence-electron chi connectivity index (χ0n) is 9.53. The third kappa shape index (κ3) is 2.94. The molecule has 0 amide bonds. The summed E-state index contributed by atoms with van der Waals surface area (Å²) in [5, 5.41) is 4.24. The van der Waals surface area contributed by atoms with Gasteiger partial charge in [0.1, 0.15) is 16.6 Å². The molecule has 17 heavy (non-hydrogen) atoms. The summed E-state index contributed by atoms with van der Waals surface area (Å²) in [6.45, 7) is 2.68. The molecular formula is C12H14FN3S. The highest BCUT2D eigenvalue weighted by Gasteiger charge is 2.05.